The lowest BCUT2D eigenvalue weighted by Gasteiger charge is -2.38. The smallest absolute Gasteiger partial charge is 0.208 e. The van der Waals surface area contributed by atoms with E-state index in [1.807, 2.05) is 6.07 Å². The van der Waals surface area contributed by atoms with Crippen molar-refractivity contribution in [3.63, 3.8) is 0 Å². The van der Waals surface area contributed by atoms with Crippen LogP contribution in [0.15, 0.2) is 18.2 Å². The van der Waals surface area contributed by atoms with Crippen LogP contribution in [0.5, 0.6) is 0 Å². The minimum absolute atomic E-state index is 0.316. The third-order valence-electron chi connectivity index (χ3n) is 3.63. The van der Waals surface area contributed by atoms with Crippen LogP contribution in [-0.4, -0.2) is 34.4 Å². The minimum atomic E-state index is -3.25. The molecule has 0 aromatic heterocycles. The molecule has 0 spiro atoms. The topological polar surface area (TPSA) is 55.4 Å². The lowest BCUT2D eigenvalue weighted by atomic mass is 9.74. The maximum absolute atomic E-state index is 11.4. The first kappa shape index (κ1) is 16.0. The Balaban J connectivity index is 2.35. The van der Waals surface area contributed by atoms with Crippen molar-refractivity contribution in [1.82, 2.24) is 4.72 Å². The molecule has 20 heavy (non-hydrogen) atoms. The normalized spacial score (nSPS) is 18.9. The molecule has 0 aliphatic carbocycles. The van der Waals surface area contributed by atoms with Gasteiger partial charge in [0.1, 0.15) is 0 Å². The van der Waals surface area contributed by atoms with Crippen molar-refractivity contribution in [2.24, 2.45) is 0 Å². The lowest BCUT2D eigenvalue weighted by Crippen LogP contribution is -2.44. The van der Waals surface area contributed by atoms with E-state index in [-0.39, 0.29) is 5.41 Å². The van der Waals surface area contributed by atoms with Gasteiger partial charge in [0, 0.05) is 35.2 Å². The van der Waals surface area contributed by atoms with Crippen LogP contribution in [0.1, 0.15) is 18.4 Å². The first-order valence-corrected chi connectivity index (χ1v) is 8.95. The van der Waals surface area contributed by atoms with Gasteiger partial charge in [-0.2, -0.15) is 0 Å². The second-order valence-electron chi connectivity index (χ2n) is 5.11. The number of sulfonamides is 1. The molecule has 1 saturated heterocycles. The zero-order valence-corrected chi connectivity index (χ0v) is 13.5. The number of hydrogen-bond donors (Lipinski definition) is 1. The molecule has 1 aromatic carbocycles. The van der Waals surface area contributed by atoms with Gasteiger partial charge < -0.3 is 4.74 Å². The average molecular weight is 338 g/mol. The molecule has 7 heteroatoms. The maximum Gasteiger partial charge on any atom is 0.208 e. The molecule has 0 bridgehead atoms. The highest BCUT2D eigenvalue weighted by Gasteiger charge is 2.36. The Morgan fingerprint density at radius 1 is 1.30 bits per heavy atom. The van der Waals surface area contributed by atoms with Gasteiger partial charge in [0.25, 0.3) is 0 Å². The SMILES string of the molecule is CS(=O)(=O)NCC1(c2ccc(Cl)cc2Cl)CCOCC1. The summed E-state index contributed by atoms with van der Waals surface area (Å²) in [7, 11) is -3.25. The fourth-order valence-electron chi connectivity index (χ4n) is 2.49. The molecule has 1 aliphatic rings. The molecule has 1 heterocycles. The molecule has 1 aliphatic heterocycles. The summed E-state index contributed by atoms with van der Waals surface area (Å²) in [6, 6.07) is 5.34. The van der Waals surface area contributed by atoms with Crippen LogP contribution in [0.2, 0.25) is 10.0 Å². The van der Waals surface area contributed by atoms with Gasteiger partial charge in [0.05, 0.1) is 6.26 Å². The van der Waals surface area contributed by atoms with Gasteiger partial charge in [-0.15, -0.1) is 0 Å². The minimum Gasteiger partial charge on any atom is -0.381 e. The molecule has 1 aromatic rings. The molecule has 0 atom stereocenters. The molecule has 0 amide bonds. The van der Waals surface area contributed by atoms with E-state index in [9.17, 15) is 8.42 Å². The van der Waals surface area contributed by atoms with Crippen LogP contribution in [-0.2, 0) is 20.2 Å². The average Bonchev–Trinajstić information content (AvgIpc) is 2.36. The largest absolute Gasteiger partial charge is 0.381 e. The molecule has 1 fully saturated rings. The highest BCUT2D eigenvalue weighted by Crippen LogP contribution is 2.39. The summed E-state index contributed by atoms with van der Waals surface area (Å²) in [4.78, 5) is 0. The van der Waals surface area contributed by atoms with E-state index in [0.29, 0.717) is 29.8 Å². The van der Waals surface area contributed by atoms with E-state index in [1.165, 1.54) is 0 Å². The second-order valence-corrected chi connectivity index (χ2v) is 7.79. The molecule has 0 saturated carbocycles. The van der Waals surface area contributed by atoms with Gasteiger partial charge in [-0.25, -0.2) is 13.1 Å². The van der Waals surface area contributed by atoms with Gasteiger partial charge >= 0.3 is 0 Å². The summed E-state index contributed by atoms with van der Waals surface area (Å²) < 4.78 is 30.8. The van der Waals surface area contributed by atoms with Crippen LogP contribution in [0, 0.1) is 0 Å². The zero-order chi connectivity index (χ0) is 14.8. The number of halogens is 2. The fourth-order valence-corrected chi connectivity index (χ4v) is 3.64. The Labute approximate surface area is 129 Å². The predicted octanol–water partition coefficient (Wildman–Crippen LogP) is 2.59. The standard InChI is InChI=1S/C13H17Cl2NO3S/c1-20(17,18)16-9-13(4-6-19-7-5-13)11-3-2-10(14)8-12(11)15/h2-3,8,16H,4-7,9H2,1H3. The van der Waals surface area contributed by atoms with Crippen molar-refractivity contribution in [2.75, 3.05) is 26.0 Å². The number of nitrogens with one attached hydrogen (secondary N) is 1. The Bertz CT molecular complexity index is 583. The van der Waals surface area contributed by atoms with E-state index >= 15 is 0 Å². The highest BCUT2D eigenvalue weighted by molar-refractivity contribution is 7.88. The van der Waals surface area contributed by atoms with Crippen LogP contribution < -0.4 is 4.72 Å². The molecular weight excluding hydrogens is 321 g/mol. The summed E-state index contributed by atoms with van der Waals surface area (Å²) >= 11 is 12.2. The van der Waals surface area contributed by atoms with Crippen molar-refractivity contribution >= 4 is 33.2 Å². The van der Waals surface area contributed by atoms with Crippen molar-refractivity contribution in [1.29, 1.82) is 0 Å². The van der Waals surface area contributed by atoms with E-state index in [0.717, 1.165) is 24.7 Å². The van der Waals surface area contributed by atoms with Crippen molar-refractivity contribution in [3.8, 4) is 0 Å². The highest BCUT2D eigenvalue weighted by atomic mass is 35.5. The lowest BCUT2D eigenvalue weighted by molar-refractivity contribution is 0.0517. The quantitative estimate of drug-likeness (QED) is 0.918. The molecule has 4 nitrogen and oxygen atoms in total. The molecule has 0 unspecified atom stereocenters. The van der Waals surface area contributed by atoms with Gasteiger partial charge in [0.2, 0.25) is 10.0 Å². The van der Waals surface area contributed by atoms with Crippen LogP contribution >= 0.6 is 23.2 Å². The number of benzene rings is 1. The number of hydrogen-bond acceptors (Lipinski definition) is 3. The summed E-state index contributed by atoms with van der Waals surface area (Å²) in [6.07, 6.45) is 2.59. The zero-order valence-electron chi connectivity index (χ0n) is 11.2. The molecule has 112 valence electrons. The van der Waals surface area contributed by atoms with E-state index in [2.05, 4.69) is 4.72 Å². The van der Waals surface area contributed by atoms with Gasteiger partial charge in [0.15, 0.2) is 0 Å². The molecule has 1 N–H and O–H groups in total. The maximum atomic E-state index is 11.4. The van der Waals surface area contributed by atoms with Crippen molar-refractivity contribution in [2.45, 2.75) is 18.3 Å². The van der Waals surface area contributed by atoms with Crippen LogP contribution in [0.4, 0.5) is 0 Å². The Morgan fingerprint density at radius 2 is 1.95 bits per heavy atom. The van der Waals surface area contributed by atoms with Crippen molar-refractivity contribution < 1.29 is 13.2 Å². The van der Waals surface area contributed by atoms with Gasteiger partial charge in [-0.1, -0.05) is 29.3 Å². The monoisotopic (exact) mass is 337 g/mol. The van der Waals surface area contributed by atoms with E-state index < -0.39 is 10.0 Å². The van der Waals surface area contributed by atoms with Crippen LogP contribution in [0.3, 0.4) is 0 Å². The second kappa shape index (κ2) is 6.20. The first-order chi connectivity index (χ1) is 9.32. The fraction of sp³-hybridized carbons (Fsp3) is 0.538. The third-order valence-corrected chi connectivity index (χ3v) is 4.84. The number of rotatable bonds is 4. The summed E-state index contributed by atoms with van der Waals surface area (Å²) in [5.41, 5.74) is 0.575. The van der Waals surface area contributed by atoms with Gasteiger partial charge in [-0.3, -0.25) is 0 Å². The van der Waals surface area contributed by atoms with Crippen molar-refractivity contribution in [3.05, 3.63) is 33.8 Å². The number of ether oxygens (including phenoxy) is 1. The molecule has 0 radical (unpaired) electrons. The Kier molecular flexibility index (Phi) is 4.97. The molecule has 2 rings (SSSR count). The summed E-state index contributed by atoms with van der Waals surface area (Å²) in [5, 5.41) is 1.13. The van der Waals surface area contributed by atoms with E-state index in [4.69, 9.17) is 27.9 Å². The molecular formula is C13H17Cl2NO3S. The Hall–Kier alpha value is -0.330. The third kappa shape index (κ3) is 3.86. The Morgan fingerprint density at radius 3 is 2.50 bits per heavy atom. The first-order valence-electron chi connectivity index (χ1n) is 6.30. The van der Waals surface area contributed by atoms with E-state index in [1.54, 1.807) is 12.1 Å². The summed E-state index contributed by atoms with van der Waals surface area (Å²) in [6.45, 7) is 1.49. The van der Waals surface area contributed by atoms with Crippen LogP contribution in [0.25, 0.3) is 0 Å². The summed E-state index contributed by atoms with van der Waals surface area (Å²) in [5.74, 6) is 0. The van der Waals surface area contributed by atoms with Gasteiger partial charge in [-0.05, 0) is 30.5 Å². The predicted molar refractivity (Wildman–Crippen MR) is 81.0 cm³/mol.